The normalized spacial score (nSPS) is 17.9. The molecule has 1 aliphatic carbocycles. The van der Waals surface area contributed by atoms with Crippen molar-refractivity contribution in [1.82, 2.24) is 5.32 Å². The molecule has 0 aromatic heterocycles. The zero-order valence-corrected chi connectivity index (χ0v) is 13.7. The standard InChI is InChI=1S/C16H29NO4/c1-5-9-16(13(18)19,10-8-12-6-7-12)11-17-14(20)21-15(2,3)4/h12H,5-11H2,1-4H3,(H,17,20)(H,18,19). The number of alkyl carbamates (subject to hydrolysis) is 1. The largest absolute Gasteiger partial charge is 0.481 e. The van der Waals surface area contributed by atoms with Crippen molar-refractivity contribution < 1.29 is 19.4 Å². The minimum atomic E-state index is -0.867. The number of hydrogen-bond donors (Lipinski definition) is 2. The van der Waals surface area contributed by atoms with Gasteiger partial charge in [-0.1, -0.05) is 26.2 Å². The van der Waals surface area contributed by atoms with Gasteiger partial charge in [-0.25, -0.2) is 4.79 Å². The zero-order valence-electron chi connectivity index (χ0n) is 13.7. The molecule has 2 N–H and O–H groups in total. The Bertz CT molecular complexity index is 371. The van der Waals surface area contributed by atoms with Crippen LogP contribution in [-0.4, -0.2) is 29.3 Å². The highest BCUT2D eigenvalue weighted by atomic mass is 16.6. The Morgan fingerprint density at radius 1 is 1.24 bits per heavy atom. The quantitative estimate of drug-likeness (QED) is 0.718. The van der Waals surface area contributed by atoms with Crippen LogP contribution < -0.4 is 5.32 Å². The molecule has 1 aliphatic rings. The van der Waals surface area contributed by atoms with Crippen LogP contribution in [0.4, 0.5) is 4.79 Å². The molecule has 1 rings (SSSR count). The third-order valence-electron chi connectivity index (χ3n) is 3.88. The van der Waals surface area contributed by atoms with E-state index in [0.29, 0.717) is 18.8 Å². The number of nitrogens with one attached hydrogen (secondary N) is 1. The third-order valence-corrected chi connectivity index (χ3v) is 3.88. The summed E-state index contributed by atoms with van der Waals surface area (Å²) in [4.78, 5) is 23.5. The van der Waals surface area contributed by atoms with Crippen LogP contribution in [0.25, 0.3) is 0 Å². The number of carbonyl (C=O) groups excluding carboxylic acids is 1. The van der Waals surface area contributed by atoms with Gasteiger partial charge in [-0.2, -0.15) is 0 Å². The fourth-order valence-electron chi connectivity index (χ4n) is 2.51. The highest BCUT2D eigenvalue weighted by Gasteiger charge is 2.39. The van der Waals surface area contributed by atoms with Gasteiger partial charge in [0.1, 0.15) is 5.60 Å². The summed E-state index contributed by atoms with van der Waals surface area (Å²) in [6.07, 6.45) is 4.79. The average molecular weight is 299 g/mol. The second-order valence-electron chi connectivity index (χ2n) is 7.17. The van der Waals surface area contributed by atoms with Crippen molar-refractivity contribution in [3.8, 4) is 0 Å². The fourth-order valence-corrected chi connectivity index (χ4v) is 2.51. The van der Waals surface area contributed by atoms with E-state index in [1.807, 2.05) is 6.92 Å². The molecule has 21 heavy (non-hydrogen) atoms. The van der Waals surface area contributed by atoms with E-state index < -0.39 is 23.1 Å². The molecule has 1 unspecified atom stereocenters. The summed E-state index contributed by atoms with van der Waals surface area (Å²) in [5.74, 6) is -0.136. The van der Waals surface area contributed by atoms with Gasteiger partial charge in [0.15, 0.2) is 0 Å². The number of carboxylic acid groups (broad SMARTS) is 1. The molecule has 5 heteroatoms. The molecule has 1 saturated carbocycles. The van der Waals surface area contributed by atoms with E-state index in [1.165, 1.54) is 12.8 Å². The molecule has 0 radical (unpaired) electrons. The minimum absolute atomic E-state index is 0.137. The molecule has 0 aliphatic heterocycles. The van der Waals surface area contributed by atoms with E-state index in [9.17, 15) is 14.7 Å². The van der Waals surface area contributed by atoms with Gasteiger partial charge in [0, 0.05) is 6.54 Å². The van der Waals surface area contributed by atoms with Gasteiger partial charge in [0.05, 0.1) is 5.41 Å². The Labute approximate surface area is 127 Å². The second-order valence-corrected chi connectivity index (χ2v) is 7.17. The van der Waals surface area contributed by atoms with Crippen LogP contribution >= 0.6 is 0 Å². The van der Waals surface area contributed by atoms with Crippen LogP contribution in [0.5, 0.6) is 0 Å². The number of aliphatic carboxylic acids is 1. The maximum Gasteiger partial charge on any atom is 0.407 e. The number of hydrogen-bond acceptors (Lipinski definition) is 3. The molecule has 122 valence electrons. The predicted molar refractivity (Wildman–Crippen MR) is 81.2 cm³/mol. The number of rotatable bonds is 8. The molecule has 1 atom stereocenters. The van der Waals surface area contributed by atoms with Crippen molar-refractivity contribution in [3.05, 3.63) is 0 Å². The van der Waals surface area contributed by atoms with Crippen molar-refractivity contribution in [2.24, 2.45) is 11.3 Å². The Kier molecular flexibility index (Phi) is 6.05. The first kappa shape index (κ1) is 17.8. The molecular weight excluding hydrogens is 270 g/mol. The Morgan fingerprint density at radius 3 is 2.29 bits per heavy atom. The highest BCUT2D eigenvalue weighted by molar-refractivity contribution is 5.76. The summed E-state index contributed by atoms with van der Waals surface area (Å²) in [6, 6.07) is 0. The van der Waals surface area contributed by atoms with Crippen LogP contribution in [0.15, 0.2) is 0 Å². The molecule has 0 aromatic rings. The molecule has 5 nitrogen and oxygen atoms in total. The molecule has 1 amide bonds. The van der Waals surface area contributed by atoms with E-state index in [-0.39, 0.29) is 6.54 Å². The van der Waals surface area contributed by atoms with E-state index in [4.69, 9.17) is 4.74 Å². The fraction of sp³-hybridized carbons (Fsp3) is 0.875. The van der Waals surface area contributed by atoms with Crippen LogP contribution in [0.1, 0.15) is 66.2 Å². The first-order valence-electron chi connectivity index (χ1n) is 7.89. The van der Waals surface area contributed by atoms with E-state index in [0.717, 1.165) is 12.8 Å². The van der Waals surface area contributed by atoms with E-state index >= 15 is 0 Å². The van der Waals surface area contributed by atoms with Crippen molar-refractivity contribution in [2.45, 2.75) is 71.8 Å². The molecule has 0 heterocycles. The SMILES string of the molecule is CCCC(CCC1CC1)(CNC(=O)OC(C)(C)C)C(=O)O. The Balaban J connectivity index is 2.61. The number of carboxylic acids is 1. The lowest BCUT2D eigenvalue weighted by molar-refractivity contribution is -0.149. The Hall–Kier alpha value is -1.26. The molecule has 0 spiro atoms. The van der Waals surface area contributed by atoms with Crippen LogP contribution in [0.2, 0.25) is 0 Å². The average Bonchev–Trinajstić information content (AvgIpc) is 3.14. The molecular formula is C16H29NO4. The summed E-state index contributed by atoms with van der Waals surface area (Å²) in [6.45, 7) is 7.47. The lowest BCUT2D eigenvalue weighted by Gasteiger charge is -2.30. The van der Waals surface area contributed by atoms with Crippen molar-refractivity contribution >= 4 is 12.1 Å². The monoisotopic (exact) mass is 299 g/mol. The summed E-state index contributed by atoms with van der Waals surface area (Å²) in [5.41, 5.74) is -1.44. The maximum absolute atomic E-state index is 11.8. The minimum Gasteiger partial charge on any atom is -0.481 e. The molecule has 1 fully saturated rings. The smallest absolute Gasteiger partial charge is 0.407 e. The second kappa shape index (κ2) is 7.14. The lowest BCUT2D eigenvalue weighted by Crippen LogP contribution is -2.44. The first-order valence-corrected chi connectivity index (χ1v) is 7.89. The Morgan fingerprint density at radius 2 is 1.86 bits per heavy atom. The van der Waals surface area contributed by atoms with Crippen LogP contribution in [-0.2, 0) is 9.53 Å². The number of ether oxygens (including phenoxy) is 1. The van der Waals surface area contributed by atoms with Gasteiger partial charge >= 0.3 is 12.1 Å². The third kappa shape index (κ3) is 6.36. The van der Waals surface area contributed by atoms with Gasteiger partial charge in [0.2, 0.25) is 0 Å². The molecule has 0 bridgehead atoms. The molecule has 0 aromatic carbocycles. The first-order chi connectivity index (χ1) is 9.68. The number of amides is 1. The van der Waals surface area contributed by atoms with Crippen molar-refractivity contribution in [1.29, 1.82) is 0 Å². The van der Waals surface area contributed by atoms with Gasteiger partial charge in [-0.05, 0) is 46.0 Å². The van der Waals surface area contributed by atoms with Gasteiger partial charge in [-0.15, -0.1) is 0 Å². The van der Waals surface area contributed by atoms with Crippen LogP contribution in [0.3, 0.4) is 0 Å². The van der Waals surface area contributed by atoms with Crippen molar-refractivity contribution in [2.75, 3.05) is 6.54 Å². The lowest BCUT2D eigenvalue weighted by atomic mass is 9.78. The van der Waals surface area contributed by atoms with E-state index in [2.05, 4.69) is 5.32 Å². The topological polar surface area (TPSA) is 75.6 Å². The zero-order chi connectivity index (χ0) is 16.1. The predicted octanol–water partition coefficient (Wildman–Crippen LogP) is 3.57. The van der Waals surface area contributed by atoms with Gasteiger partial charge in [0.25, 0.3) is 0 Å². The molecule has 0 saturated heterocycles. The van der Waals surface area contributed by atoms with E-state index in [1.54, 1.807) is 20.8 Å². The summed E-state index contributed by atoms with van der Waals surface area (Å²) < 4.78 is 5.19. The van der Waals surface area contributed by atoms with Gasteiger partial charge in [-0.3, -0.25) is 4.79 Å². The number of carbonyl (C=O) groups is 2. The maximum atomic E-state index is 11.8. The summed E-state index contributed by atoms with van der Waals surface area (Å²) >= 11 is 0. The van der Waals surface area contributed by atoms with Gasteiger partial charge < -0.3 is 15.2 Å². The summed E-state index contributed by atoms with van der Waals surface area (Å²) in [5, 5.41) is 12.3. The summed E-state index contributed by atoms with van der Waals surface area (Å²) in [7, 11) is 0. The van der Waals surface area contributed by atoms with Crippen molar-refractivity contribution in [3.63, 3.8) is 0 Å². The van der Waals surface area contributed by atoms with Crippen LogP contribution in [0, 0.1) is 11.3 Å². The highest BCUT2D eigenvalue weighted by Crippen LogP contribution is 2.39.